The minimum absolute atomic E-state index is 0.00356. The predicted molar refractivity (Wildman–Crippen MR) is 148 cm³/mol. The van der Waals surface area contributed by atoms with Crippen LogP contribution >= 0.6 is 0 Å². The van der Waals surface area contributed by atoms with Gasteiger partial charge in [-0.2, -0.15) is 5.26 Å². The Morgan fingerprint density at radius 3 is 2.82 bits per heavy atom. The van der Waals surface area contributed by atoms with Gasteiger partial charge in [0.1, 0.15) is 17.7 Å². The Morgan fingerprint density at radius 2 is 2.03 bits per heavy atom. The van der Waals surface area contributed by atoms with E-state index in [-0.39, 0.29) is 18.2 Å². The monoisotopic (exact) mass is 506 g/mol. The van der Waals surface area contributed by atoms with Crippen molar-refractivity contribution < 1.29 is 9.53 Å². The molecule has 1 saturated heterocycles. The number of ether oxygens (including phenoxy) is 1. The Hall–Kier alpha value is -4.35. The molecular formula is C30H30N6O2. The van der Waals surface area contributed by atoms with Crippen LogP contribution in [0.25, 0.3) is 11.0 Å². The van der Waals surface area contributed by atoms with Crippen LogP contribution in [0.15, 0.2) is 60.9 Å². The van der Waals surface area contributed by atoms with Gasteiger partial charge in [0.2, 0.25) is 0 Å². The summed E-state index contributed by atoms with van der Waals surface area (Å²) in [6, 6.07) is 19.7. The number of benzene rings is 2. The summed E-state index contributed by atoms with van der Waals surface area (Å²) in [7, 11) is 0. The van der Waals surface area contributed by atoms with E-state index in [1.807, 2.05) is 69.3 Å². The lowest BCUT2D eigenvalue weighted by Crippen LogP contribution is -2.19. The van der Waals surface area contributed by atoms with Crippen LogP contribution in [-0.4, -0.2) is 40.0 Å². The van der Waals surface area contributed by atoms with E-state index < -0.39 is 5.41 Å². The van der Waals surface area contributed by atoms with Crippen LogP contribution in [0.4, 0.5) is 17.3 Å². The third-order valence-electron chi connectivity index (χ3n) is 6.87. The van der Waals surface area contributed by atoms with Crippen LogP contribution in [0.2, 0.25) is 0 Å². The van der Waals surface area contributed by atoms with Crippen molar-refractivity contribution >= 4 is 34.1 Å². The molecule has 0 saturated carbocycles. The third kappa shape index (κ3) is 5.48. The zero-order chi connectivity index (χ0) is 26.7. The van der Waals surface area contributed by atoms with Crippen molar-refractivity contribution in [2.75, 3.05) is 23.8 Å². The van der Waals surface area contributed by atoms with Crippen molar-refractivity contribution in [3.05, 3.63) is 83.2 Å². The maximum absolute atomic E-state index is 13.1. The number of nitriles is 1. The predicted octanol–water partition coefficient (Wildman–Crippen LogP) is 5.50. The van der Waals surface area contributed by atoms with Gasteiger partial charge in [0.05, 0.1) is 29.6 Å². The summed E-state index contributed by atoms with van der Waals surface area (Å²) < 4.78 is 5.46. The Labute approximate surface area is 222 Å². The maximum atomic E-state index is 13.1. The number of carbonyl (C=O) groups excluding carboxylic acids is 1. The van der Waals surface area contributed by atoms with Crippen molar-refractivity contribution in [1.82, 2.24) is 15.0 Å². The molecule has 0 amide bonds. The van der Waals surface area contributed by atoms with Gasteiger partial charge >= 0.3 is 0 Å². The number of aryl methyl sites for hydroxylation is 1. The molecule has 1 aliphatic rings. The zero-order valence-electron chi connectivity index (χ0n) is 21.8. The van der Waals surface area contributed by atoms with E-state index in [9.17, 15) is 10.1 Å². The lowest BCUT2D eigenvalue weighted by Gasteiger charge is -2.16. The Morgan fingerprint density at radius 1 is 1.16 bits per heavy atom. The van der Waals surface area contributed by atoms with E-state index in [0.717, 1.165) is 46.7 Å². The SMILES string of the molecule is Cc1ccc(CC(=O)c2cccc(C(C)(C)C#N)c2)cc1Nc1ncnc2ccc(N[C@H]3CCOC3)nc12. The van der Waals surface area contributed by atoms with Gasteiger partial charge in [0, 0.05) is 24.3 Å². The highest BCUT2D eigenvalue weighted by Crippen LogP contribution is 2.27. The molecule has 38 heavy (non-hydrogen) atoms. The molecule has 0 spiro atoms. The molecule has 0 unspecified atom stereocenters. The van der Waals surface area contributed by atoms with Crippen LogP contribution < -0.4 is 10.6 Å². The van der Waals surface area contributed by atoms with Crippen LogP contribution in [0.5, 0.6) is 0 Å². The number of anilines is 3. The molecule has 1 atom stereocenters. The number of aromatic nitrogens is 3. The number of ketones is 1. The molecule has 0 radical (unpaired) electrons. The number of carbonyl (C=O) groups is 1. The van der Waals surface area contributed by atoms with Crippen LogP contribution in [0.1, 0.15) is 47.3 Å². The number of Topliss-reactive ketones (excluding diaryl/α,β-unsaturated/α-hetero) is 1. The molecule has 192 valence electrons. The van der Waals surface area contributed by atoms with Crippen molar-refractivity contribution in [2.45, 2.75) is 45.1 Å². The van der Waals surface area contributed by atoms with Crippen molar-refractivity contribution in [3.63, 3.8) is 0 Å². The highest BCUT2D eigenvalue weighted by atomic mass is 16.5. The van der Waals surface area contributed by atoms with Crippen LogP contribution in [0, 0.1) is 18.3 Å². The highest BCUT2D eigenvalue weighted by molar-refractivity contribution is 5.98. The maximum Gasteiger partial charge on any atom is 0.167 e. The number of fused-ring (bicyclic) bond motifs is 1. The minimum Gasteiger partial charge on any atom is -0.379 e. The van der Waals surface area contributed by atoms with E-state index in [1.54, 1.807) is 6.07 Å². The second-order valence-electron chi connectivity index (χ2n) is 10.2. The molecule has 5 rings (SSSR count). The first-order chi connectivity index (χ1) is 18.3. The van der Waals surface area contributed by atoms with E-state index in [4.69, 9.17) is 9.72 Å². The smallest absolute Gasteiger partial charge is 0.167 e. The summed E-state index contributed by atoms with van der Waals surface area (Å²) in [6.45, 7) is 7.12. The number of rotatable bonds is 8. The Kier molecular flexibility index (Phi) is 7.03. The van der Waals surface area contributed by atoms with Gasteiger partial charge in [0.25, 0.3) is 0 Å². The molecule has 2 aromatic carbocycles. The fourth-order valence-corrected chi connectivity index (χ4v) is 4.44. The van der Waals surface area contributed by atoms with Crippen LogP contribution in [-0.2, 0) is 16.6 Å². The van der Waals surface area contributed by atoms with Gasteiger partial charge in [-0.25, -0.2) is 15.0 Å². The number of pyridine rings is 1. The summed E-state index contributed by atoms with van der Waals surface area (Å²) in [5.41, 5.74) is 4.90. The van der Waals surface area contributed by atoms with E-state index in [2.05, 4.69) is 26.7 Å². The summed E-state index contributed by atoms with van der Waals surface area (Å²) >= 11 is 0. The molecular weight excluding hydrogens is 476 g/mol. The molecule has 3 heterocycles. The fraction of sp³-hybridized carbons (Fsp3) is 0.300. The van der Waals surface area contributed by atoms with Gasteiger partial charge < -0.3 is 15.4 Å². The fourth-order valence-electron chi connectivity index (χ4n) is 4.44. The van der Waals surface area contributed by atoms with Gasteiger partial charge in [-0.1, -0.05) is 30.3 Å². The third-order valence-corrected chi connectivity index (χ3v) is 6.87. The molecule has 1 aliphatic heterocycles. The highest BCUT2D eigenvalue weighted by Gasteiger charge is 2.21. The molecule has 2 N–H and O–H groups in total. The first-order valence-corrected chi connectivity index (χ1v) is 12.7. The van der Waals surface area contributed by atoms with E-state index >= 15 is 0 Å². The largest absolute Gasteiger partial charge is 0.379 e. The lowest BCUT2D eigenvalue weighted by atomic mass is 9.85. The van der Waals surface area contributed by atoms with E-state index in [1.165, 1.54) is 6.33 Å². The number of nitrogens with one attached hydrogen (secondary N) is 2. The van der Waals surface area contributed by atoms with Gasteiger partial charge in [-0.15, -0.1) is 0 Å². The van der Waals surface area contributed by atoms with Gasteiger partial charge in [-0.05, 0) is 68.1 Å². The molecule has 8 nitrogen and oxygen atoms in total. The first kappa shape index (κ1) is 25.3. The normalized spacial score (nSPS) is 15.3. The van der Waals surface area contributed by atoms with Gasteiger partial charge in [0.15, 0.2) is 11.6 Å². The van der Waals surface area contributed by atoms with Gasteiger partial charge in [-0.3, -0.25) is 4.79 Å². The summed E-state index contributed by atoms with van der Waals surface area (Å²) in [4.78, 5) is 26.8. The molecule has 8 heteroatoms. The lowest BCUT2D eigenvalue weighted by molar-refractivity contribution is 0.0993. The minimum atomic E-state index is -0.661. The zero-order valence-corrected chi connectivity index (χ0v) is 21.8. The number of nitrogens with zero attached hydrogens (tertiary/aromatic N) is 4. The van der Waals surface area contributed by atoms with Crippen molar-refractivity contribution in [1.29, 1.82) is 5.26 Å². The molecule has 0 aliphatic carbocycles. The van der Waals surface area contributed by atoms with E-state index in [0.29, 0.717) is 23.5 Å². The average Bonchev–Trinajstić information content (AvgIpc) is 3.44. The quantitative estimate of drug-likeness (QED) is 0.301. The Bertz CT molecular complexity index is 1540. The second kappa shape index (κ2) is 10.6. The standard InChI is InChI=1S/C30H30N6O2/c1-19-7-8-20(14-26(37)21-5-4-6-22(15-21)30(2,3)17-31)13-25(19)35-29-28-24(32-18-33-29)9-10-27(36-28)34-23-11-12-38-16-23/h4-10,13,15,18,23H,11-12,14,16H2,1-3H3,(H,34,36)(H,32,33,35)/t23-/m0/s1. The molecule has 0 bridgehead atoms. The number of hydrogen-bond donors (Lipinski definition) is 2. The van der Waals surface area contributed by atoms with Crippen molar-refractivity contribution in [2.24, 2.45) is 0 Å². The average molecular weight is 507 g/mol. The summed E-state index contributed by atoms with van der Waals surface area (Å²) in [5.74, 6) is 1.35. The molecule has 1 fully saturated rings. The molecule has 2 aromatic heterocycles. The Balaban J connectivity index is 1.38. The van der Waals surface area contributed by atoms with Crippen LogP contribution in [0.3, 0.4) is 0 Å². The first-order valence-electron chi connectivity index (χ1n) is 12.7. The van der Waals surface area contributed by atoms with Crippen molar-refractivity contribution in [3.8, 4) is 6.07 Å². The summed E-state index contributed by atoms with van der Waals surface area (Å²) in [6.07, 6.45) is 2.70. The second-order valence-corrected chi connectivity index (χ2v) is 10.2. The topological polar surface area (TPSA) is 113 Å². The summed E-state index contributed by atoms with van der Waals surface area (Å²) in [5, 5.41) is 16.3. The number of hydrogen-bond acceptors (Lipinski definition) is 8. The molecule has 4 aromatic rings.